The lowest BCUT2D eigenvalue weighted by Gasteiger charge is -2.10. The van der Waals surface area contributed by atoms with Gasteiger partial charge in [-0.2, -0.15) is 0 Å². The van der Waals surface area contributed by atoms with Crippen LogP contribution in [0.25, 0.3) is 11.3 Å². The molecule has 1 heterocycles. The fraction of sp³-hybridized carbons (Fsp3) is 0.333. The predicted octanol–water partition coefficient (Wildman–Crippen LogP) is 3.88. The minimum absolute atomic E-state index is 0.712. The first-order valence-electron chi connectivity index (χ1n) is 6.15. The summed E-state index contributed by atoms with van der Waals surface area (Å²) in [5.41, 5.74) is 3.81. The van der Waals surface area contributed by atoms with Gasteiger partial charge in [0.1, 0.15) is 5.75 Å². The van der Waals surface area contributed by atoms with E-state index in [1.54, 1.807) is 0 Å². The highest BCUT2D eigenvalue weighted by Crippen LogP contribution is 2.24. The fourth-order valence-corrected chi connectivity index (χ4v) is 2.13. The van der Waals surface area contributed by atoms with Gasteiger partial charge in [-0.3, -0.25) is 0 Å². The lowest BCUT2D eigenvalue weighted by atomic mass is 10.1. The molecule has 2 heteroatoms. The number of aromatic nitrogens is 1. The molecule has 2 rings (SSSR count). The second kappa shape index (κ2) is 5.09. The minimum atomic E-state index is 0.712. The SMILES string of the molecule is CCOc1ccc(-c2ccc(C)n2CC)cc1. The Bertz CT molecular complexity index is 482. The maximum absolute atomic E-state index is 5.45. The molecule has 90 valence electrons. The van der Waals surface area contributed by atoms with Crippen molar-refractivity contribution in [3.63, 3.8) is 0 Å². The molecule has 0 radical (unpaired) electrons. The third-order valence-corrected chi connectivity index (χ3v) is 2.98. The van der Waals surface area contributed by atoms with Crippen molar-refractivity contribution in [2.24, 2.45) is 0 Å². The second-order valence-corrected chi connectivity index (χ2v) is 4.06. The molecule has 0 spiro atoms. The number of aryl methyl sites for hydroxylation is 1. The van der Waals surface area contributed by atoms with E-state index in [0.29, 0.717) is 6.61 Å². The highest BCUT2D eigenvalue weighted by molar-refractivity contribution is 5.61. The Labute approximate surface area is 103 Å². The standard InChI is InChI=1S/C15H19NO/c1-4-16-12(3)6-11-15(16)13-7-9-14(10-8-13)17-5-2/h6-11H,4-5H2,1-3H3. The monoisotopic (exact) mass is 229 g/mol. The maximum atomic E-state index is 5.45. The number of hydrogen-bond acceptors (Lipinski definition) is 1. The van der Waals surface area contributed by atoms with Gasteiger partial charge in [0.2, 0.25) is 0 Å². The van der Waals surface area contributed by atoms with Gasteiger partial charge in [-0.05, 0) is 62.7 Å². The van der Waals surface area contributed by atoms with Gasteiger partial charge >= 0.3 is 0 Å². The normalized spacial score (nSPS) is 10.5. The van der Waals surface area contributed by atoms with Crippen LogP contribution in [0.3, 0.4) is 0 Å². The Morgan fingerprint density at radius 3 is 2.29 bits per heavy atom. The summed E-state index contributed by atoms with van der Waals surface area (Å²) < 4.78 is 7.77. The van der Waals surface area contributed by atoms with Crippen LogP contribution in [-0.4, -0.2) is 11.2 Å². The highest BCUT2D eigenvalue weighted by atomic mass is 16.5. The van der Waals surface area contributed by atoms with Gasteiger partial charge in [0, 0.05) is 17.9 Å². The van der Waals surface area contributed by atoms with Gasteiger partial charge in [0.05, 0.1) is 6.61 Å². The molecule has 0 bridgehead atoms. The molecule has 1 aromatic heterocycles. The van der Waals surface area contributed by atoms with Crippen molar-refractivity contribution in [2.75, 3.05) is 6.61 Å². The molecule has 0 saturated carbocycles. The van der Waals surface area contributed by atoms with Gasteiger partial charge in [0.15, 0.2) is 0 Å². The average molecular weight is 229 g/mol. The third-order valence-electron chi connectivity index (χ3n) is 2.98. The number of hydrogen-bond donors (Lipinski definition) is 0. The van der Waals surface area contributed by atoms with E-state index in [4.69, 9.17) is 4.74 Å². The van der Waals surface area contributed by atoms with E-state index in [1.165, 1.54) is 17.0 Å². The molecule has 2 nitrogen and oxygen atoms in total. The molecule has 0 aliphatic heterocycles. The Balaban J connectivity index is 2.33. The zero-order chi connectivity index (χ0) is 12.3. The lowest BCUT2D eigenvalue weighted by Crippen LogP contribution is -1.98. The first kappa shape index (κ1) is 11.8. The third kappa shape index (κ3) is 2.36. The van der Waals surface area contributed by atoms with Crippen LogP contribution in [0.1, 0.15) is 19.5 Å². The van der Waals surface area contributed by atoms with Crippen molar-refractivity contribution in [1.82, 2.24) is 4.57 Å². The predicted molar refractivity (Wildman–Crippen MR) is 71.4 cm³/mol. The summed E-state index contributed by atoms with van der Waals surface area (Å²) in [6.45, 7) is 8.03. The lowest BCUT2D eigenvalue weighted by molar-refractivity contribution is 0.340. The zero-order valence-electron chi connectivity index (χ0n) is 10.7. The van der Waals surface area contributed by atoms with Crippen molar-refractivity contribution in [3.05, 3.63) is 42.1 Å². The summed E-state index contributed by atoms with van der Waals surface area (Å²) in [5, 5.41) is 0. The maximum Gasteiger partial charge on any atom is 0.119 e. The van der Waals surface area contributed by atoms with Gasteiger partial charge in [-0.25, -0.2) is 0 Å². The Kier molecular flexibility index (Phi) is 3.52. The van der Waals surface area contributed by atoms with Crippen molar-refractivity contribution in [3.8, 4) is 17.0 Å². The molecule has 0 atom stereocenters. The average Bonchev–Trinajstić information content (AvgIpc) is 2.72. The number of rotatable bonds is 4. The molecule has 0 aliphatic carbocycles. The molecule has 0 saturated heterocycles. The molecule has 0 unspecified atom stereocenters. The molecular weight excluding hydrogens is 210 g/mol. The van der Waals surface area contributed by atoms with Crippen LogP contribution in [0, 0.1) is 6.92 Å². The first-order chi connectivity index (χ1) is 8.26. The van der Waals surface area contributed by atoms with Crippen LogP contribution in [-0.2, 0) is 6.54 Å². The Hall–Kier alpha value is -1.70. The topological polar surface area (TPSA) is 14.2 Å². The van der Waals surface area contributed by atoms with Crippen LogP contribution >= 0.6 is 0 Å². The van der Waals surface area contributed by atoms with E-state index in [9.17, 15) is 0 Å². The summed E-state index contributed by atoms with van der Waals surface area (Å²) in [6, 6.07) is 12.6. The Morgan fingerprint density at radius 1 is 1.00 bits per heavy atom. The Morgan fingerprint density at radius 2 is 1.71 bits per heavy atom. The van der Waals surface area contributed by atoms with E-state index < -0.39 is 0 Å². The van der Waals surface area contributed by atoms with Crippen LogP contribution in [0.15, 0.2) is 36.4 Å². The van der Waals surface area contributed by atoms with Gasteiger partial charge in [-0.1, -0.05) is 0 Å². The number of nitrogens with zero attached hydrogens (tertiary/aromatic N) is 1. The van der Waals surface area contributed by atoms with E-state index >= 15 is 0 Å². The van der Waals surface area contributed by atoms with Gasteiger partial charge in [0.25, 0.3) is 0 Å². The summed E-state index contributed by atoms with van der Waals surface area (Å²) >= 11 is 0. The summed E-state index contributed by atoms with van der Waals surface area (Å²) in [7, 11) is 0. The summed E-state index contributed by atoms with van der Waals surface area (Å²) in [5.74, 6) is 0.933. The molecule has 1 aromatic carbocycles. The van der Waals surface area contributed by atoms with Gasteiger partial charge in [-0.15, -0.1) is 0 Å². The molecular formula is C15H19NO. The van der Waals surface area contributed by atoms with E-state index in [2.05, 4.69) is 42.7 Å². The van der Waals surface area contributed by atoms with Crippen molar-refractivity contribution in [2.45, 2.75) is 27.3 Å². The largest absolute Gasteiger partial charge is 0.494 e. The molecule has 0 aliphatic rings. The van der Waals surface area contributed by atoms with Crippen LogP contribution in [0.5, 0.6) is 5.75 Å². The molecule has 0 fully saturated rings. The van der Waals surface area contributed by atoms with Crippen LogP contribution < -0.4 is 4.74 Å². The highest BCUT2D eigenvalue weighted by Gasteiger charge is 2.05. The van der Waals surface area contributed by atoms with E-state index in [1.807, 2.05) is 19.1 Å². The van der Waals surface area contributed by atoms with Crippen LogP contribution in [0.2, 0.25) is 0 Å². The fourth-order valence-electron chi connectivity index (χ4n) is 2.13. The molecule has 0 N–H and O–H groups in total. The van der Waals surface area contributed by atoms with Crippen molar-refractivity contribution in [1.29, 1.82) is 0 Å². The molecule has 2 aromatic rings. The minimum Gasteiger partial charge on any atom is -0.494 e. The molecule has 0 amide bonds. The van der Waals surface area contributed by atoms with Crippen molar-refractivity contribution < 1.29 is 4.74 Å². The second-order valence-electron chi connectivity index (χ2n) is 4.06. The van der Waals surface area contributed by atoms with Crippen molar-refractivity contribution >= 4 is 0 Å². The smallest absolute Gasteiger partial charge is 0.119 e. The van der Waals surface area contributed by atoms with E-state index in [0.717, 1.165) is 12.3 Å². The quantitative estimate of drug-likeness (QED) is 0.776. The number of ether oxygens (including phenoxy) is 1. The zero-order valence-corrected chi connectivity index (χ0v) is 10.7. The van der Waals surface area contributed by atoms with Crippen LogP contribution in [0.4, 0.5) is 0 Å². The molecule has 17 heavy (non-hydrogen) atoms. The number of benzene rings is 1. The van der Waals surface area contributed by atoms with Gasteiger partial charge < -0.3 is 9.30 Å². The van der Waals surface area contributed by atoms with E-state index in [-0.39, 0.29) is 0 Å². The summed E-state index contributed by atoms with van der Waals surface area (Å²) in [6.07, 6.45) is 0. The first-order valence-corrected chi connectivity index (χ1v) is 6.15. The summed E-state index contributed by atoms with van der Waals surface area (Å²) in [4.78, 5) is 0.